The average molecular weight is 492 g/mol. The molecular formula is C25H21N3O4S2. The van der Waals surface area contributed by atoms with Crippen LogP contribution in [-0.4, -0.2) is 35.3 Å². The quantitative estimate of drug-likeness (QED) is 0.291. The average Bonchev–Trinajstić information content (AvgIpc) is 3.13. The van der Waals surface area contributed by atoms with Gasteiger partial charge in [-0.2, -0.15) is 0 Å². The Morgan fingerprint density at radius 1 is 0.941 bits per heavy atom. The van der Waals surface area contributed by atoms with Crippen LogP contribution in [0.25, 0.3) is 0 Å². The Bertz CT molecular complexity index is 1220. The normalized spacial score (nSPS) is 15.2. The van der Waals surface area contributed by atoms with Crippen LogP contribution in [0.2, 0.25) is 0 Å². The van der Waals surface area contributed by atoms with E-state index in [0.717, 1.165) is 16.3 Å². The van der Waals surface area contributed by atoms with Gasteiger partial charge >= 0.3 is 5.97 Å². The maximum absolute atomic E-state index is 12.9. The molecule has 2 N–H and O–H groups in total. The van der Waals surface area contributed by atoms with Crippen LogP contribution in [0.4, 0.5) is 17.1 Å². The summed E-state index contributed by atoms with van der Waals surface area (Å²) >= 11 is 6.68. The van der Waals surface area contributed by atoms with Crippen molar-refractivity contribution in [2.24, 2.45) is 0 Å². The molecule has 0 unspecified atom stereocenters. The molecule has 1 saturated heterocycles. The lowest BCUT2D eigenvalue weighted by Gasteiger charge is -2.15. The first-order chi connectivity index (χ1) is 16.4. The highest BCUT2D eigenvalue weighted by Gasteiger charge is 2.40. The molecule has 9 heteroatoms. The lowest BCUT2D eigenvalue weighted by atomic mass is 10.2. The predicted octanol–water partition coefficient (Wildman–Crippen LogP) is 4.71. The Hall–Kier alpha value is -3.69. The number of nitrogens with one attached hydrogen (secondary N) is 2. The zero-order valence-corrected chi connectivity index (χ0v) is 19.8. The van der Waals surface area contributed by atoms with Gasteiger partial charge in [0, 0.05) is 22.7 Å². The minimum absolute atomic E-state index is 0.105. The van der Waals surface area contributed by atoms with Crippen LogP contribution in [0.5, 0.6) is 0 Å². The van der Waals surface area contributed by atoms with Crippen molar-refractivity contribution in [1.29, 1.82) is 0 Å². The van der Waals surface area contributed by atoms with Crippen LogP contribution in [-0.2, 0) is 14.3 Å². The molecule has 3 aromatic carbocycles. The van der Waals surface area contributed by atoms with Gasteiger partial charge in [0.05, 0.1) is 23.6 Å². The predicted molar refractivity (Wildman–Crippen MR) is 137 cm³/mol. The Morgan fingerprint density at radius 3 is 2.18 bits per heavy atom. The Balaban J connectivity index is 1.36. The number of thiocarbonyl (C=S) groups is 1. The van der Waals surface area contributed by atoms with Crippen LogP contribution in [0, 0.1) is 0 Å². The first-order valence-corrected chi connectivity index (χ1v) is 11.7. The van der Waals surface area contributed by atoms with Crippen molar-refractivity contribution in [1.82, 2.24) is 0 Å². The molecule has 0 aromatic heterocycles. The van der Waals surface area contributed by atoms with E-state index < -0.39 is 11.2 Å². The van der Waals surface area contributed by atoms with E-state index in [1.54, 1.807) is 12.1 Å². The molecule has 4 rings (SSSR count). The Kier molecular flexibility index (Phi) is 7.24. The molecule has 1 fully saturated rings. The summed E-state index contributed by atoms with van der Waals surface area (Å²) in [5.74, 6) is -1.03. The van der Waals surface area contributed by atoms with Gasteiger partial charge in [-0.25, -0.2) is 9.69 Å². The Labute approximate surface area is 206 Å². The molecule has 0 aliphatic carbocycles. The van der Waals surface area contributed by atoms with E-state index in [2.05, 4.69) is 15.4 Å². The molecule has 7 nitrogen and oxygen atoms in total. The maximum atomic E-state index is 12.9. The summed E-state index contributed by atoms with van der Waals surface area (Å²) in [5.41, 5.74) is 2.48. The highest BCUT2D eigenvalue weighted by Crippen LogP contribution is 2.34. The van der Waals surface area contributed by atoms with Gasteiger partial charge in [0.1, 0.15) is 0 Å². The minimum Gasteiger partial charge on any atom is -0.465 e. The molecule has 1 atom stereocenters. The van der Waals surface area contributed by atoms with Gasteiger partial charge in [0.2, 0.25) is 11.8 Å². The van der Waals surface area contributed by atoms with Crippen LogP contribution in [0.1, 0.15) is 16.8 Å². The molecule has 3 aromatic rings. The fraction of sp³-hybridized carbons (Fsp3) is 0.120. The zero-order chi connectivity index (χ0) is 24.1. The molecule has 1 aliphatic rings. The second-order valence-electron chi connectivity index (χ2n) is 7.39. The summed E-state index contributed by atoms with van der Waals surface area (Å²) in [6.07, 6.45) is 0.105. The van der Waals surface area contributed by atoms with Gasteiger partial charge in [0.25, 0.3) is 0 Å². The number of ether oxygens (including phenoxy) is 1. The topological polar surface area (TPSA) is 87.7 Å². The third-order valence-electron chi connectivity index (χ3n) is 5.07. The number of esters is 1. The van der Waals surface area contributed by atoms with E-state index in [4.69, 9.17) is 12.2 Å². The standard InChI is InChI=1S/C25H21N3O4S2/c1-32-24(31)16-7-11-19(12-8-16)28-22(29)15-21(23(28)30)34-20-13-9-18(10-14-20)27-25(33)26-17-5-3-2-4-6-17/h2-14,21H,15H2,1H3,(H2,26,27,33)/t21-/m1/s1. The van der Waals surface area contributed by atoms with Gasteiger partial charge in [0.15, 0.2) is 5.11 Å². The molecule has 0 radical (unpaired) electrons. The number of hydrogen-bond acceptors (Lipinski definition) is 6. The number of anilines is 3. The van der Waals surface area contributed by atoms with Crippen molar-refractivity contribution >= 4 is 63.9 Å². The highest BCUT2D eigenvalue weighted by atomic mass is 32.2. The monoisotopic (exact) mass is 491 g/mol. The molecule has 1 heterocycles. The summed E-state index contributed by atoms with van der Waals surface area (Å²) in [6, 6.07) is 23.3. The first-order valence-electron chi connectivity index (χ1n) is 10.4. The molecule has 1 aliphatic heterocycles. The summed E-state index contributed by atoms with van der Waals surface area (Å²) in [7, 11) is 1.30. The van der Waals surface area contributed by atoms with Crippen molar-refractivity contribution in [3.05, 3.63) is 84.4 Å². The SMILES string of the molecule is COC(=O)c1ccc(N2C(=O)C[C@@H](Sc3ccc(NC(=S)Nc4ccccc4)cc3)C2=O)cc1. The number of nitrogens with zero attached hydrogens (tertiary/aromatic N) is 1. The summed E-state index contributed by atoms with van der Waals surface area (Å²) < 4.78 is 4.68. The number of benzene rings is 3. The number of carbonyl (C=O) groups excluding carboxylic acids is 3. The molecule has 34 heavy (non-hydrogen) atoms. The molecule has 0 bridgehead atoms. The number of amides is 2. The largest absolute Gasteiger partial charge is 0.465 e. The van der Waals surface area contributed by atoms with Gasteiger partial charge in [-0.15, -0.1) is 11.8 Å². The third kappa shape index (κ3) is 5.44. The second-order valence-corrected chi connectivity index (χ2v) is 9.07. The lowest BCUT2D eigenvalue weighted by Crippen LogP contribution is -2.31. The number of methoxy groups -OCH3 is 1. The summed E-state index contributed by atoms with van der Waals surface area (Å²) in [6.45, 7) is 0. The Morgan fingerprint density at radius 2 is 1.56 bits per heavy atom. The fourth-order valence-corrected chi connectivity index (χ4v) is 4.72. The van der Waals surface area contributed by atoms with E-state index in [1.165, 1.54) is 35.9 Å². The number of carbonyl (C=O) groups is 3. The van der Waals surface area contributed by atoms with Crippen molar-refractivity contribution in [2.45, 2.75) is 16.6 Å². The molecular weight excluding hydrogens is 470 g/mol. The van der Waals surface area contributed by atoms with Crippen LogP contribution in [0.3, 0.4) is 0 Å². The molecule has 0 spiro atoms. The summed E-state index contributed by atoms with van der Waals surface area (Å²) in [4.78, 5) is 39.1. The molecule has 0 saturated carbocycles. The van der Waals surface area contributed by atoms with E-state index in [-0.39, 0.29) is 18.2 Å². The minimum atomic E-state index is -0.521. The fourth-order valence-electron chi connectivity index (χ4n) is 3.43. The van der Waals surface area contributed by atoms with Crippen molar-refractivity contribution < 1.29 is 19.1 Å². The van der Waals surface area contributed by atoms with Gasteiger partial charge in [-0.1, -0.05) is 18.2 Å². The van der Waals surface area contributed by atoms with Gasteiger partial charge in [-0.05, 0) is 72.9 Å². The molecule has 172 valence electrons. The highest BCUT2D eigenvalue weighted by molar-refractivity contribution is 8.00. The van der Waals surface area contributed by atoms with Crippen molar-refractivity contribution in [2.75, 3.05) is 22.6 Å². The van der Waals surface area contributed by atoms with Crippen molar-refractivity contribution in [3.63, 3.8) is 0 Å². The molecule has 2 amide bonds. The number of thioether (sulfide) groups is 1. The second kappa shape index (κ2) is 10.5. The zero-order valence-electron chi connectivity index (χ0n) is 18.2. The van der Waals surface area contributed by atoms with E-state index in [9.17, 15) is 14.4 Å². The third-order valence-corrected chi connectivity index (χ3v) is 6.48. The lowest BCUT2D eigenvalue weighted by molar-refractivity contribution is -0.121. The van der Waals surface area contributed by atoms with E-state index in [0.29, 0.717) is 16.4 Å². The smallest absolute Gasteiger partial charge is 0.337 e. The van der Waals surface area contributed by atoms with Gasteiger partial charge < -0.3 is 15.4 Å². The van der Waals surface area contributed by atoms with Crippen LogP contribution >= 0.6 is 24.0 Å². The summed E-state index contributed by atoms with van der Waals surface area (Å²) in [5, 5.41) is 6.18. The van der Waals surface area contributed by atoms with E-state index >= 15 is 0 Å². The van der Waals surface area contributed by atoms with E-state index in [1.807, 2.05) is 54.6 Å². The van der Waals surface area contributed by atoms with Crippen LogP contribution in [0.15, 0.2) is 83.8 Å². The number of imide groups is 1. The maximum Gasteiger partial charge on any atom is 0.337 e. The van der Waals surface area contributed by atoms with Gasteiger partial charge in [-0.3, -0.25) is 9.59 Å². The van der Waals surface area contributed by atoms with Crippen molar-refractivity contribution in [3.8, 4) is 0 Å². The number of rotatable bonds is 6. The number of hydrogen-bond donors (Lipinski definition) is 2. The first kappa shape index (κ1) is 23.5. The number of para-hydroxylation sites is 1. The van der Waals surface area contributed by atoms with Crippen LogP contribution < -0.4 is 15.5 Å².